The van der Waals surface area contributed by atoms with Crippen molar-refractivity contribution in [3.8, 4) is 0 Å². The Balaban J connectivity index is 1.85. The van der Waals surface area contributed by atoms with Crippen LogP contribution < -0.4 is 5.32 Å². The number of benzene rings is 1. The summed E-state index contributed by atoms with van der Waals surface area (Å²) in [6, 6.07) is 9.56. The van der Waals surface area contributed by atoms with Crippen LogP contribution in [0.1, 0.15) is 30.9 Å². The van der Waals surface area contributed by atoms with Crippen molar-refractivity contribution < 1.29 is 0 Å². The van der Waals surface area contributed by atoms with Crippen LogP contribution in [0.2, 0.25) is 5.02 Å². The van der Waals surface area contributed by atoms with E-state index in [0.717, 1.165) is 24.2 Å². The van der Waals surface area contributed by atoms with Crippen LogP contribution >= 0.6 is 11.6 Å². The van der Waals surface area contributed by atoms with Gasteiger partial charge in [-0.2, -0.15) is 0 Å². The van der Waals surface area contributed by atoms with E-state index in [1.54, 1.807) is 0 Å². The van der Waals surface area contributed by atoms with Gasteiger partial charge in [0.1, 0.15) is 0 Å². The monoisotopic (exact) mass is 250 g/mol. The summed E-state index contributed by atoms with van der Waals surface area (Å²) >= 11 is 6.10. The summed E-state index contributed by atoms with van der Waals surface area (Å²) in [5.41, 5.74) is 1.36. The summed E-state index contributed by atoms with van der Waals surface area (Å²) < 4.78 is 0. The van der Waals surface area contributed by atoms with Gasteiger partial charge >= 0.3 is 0 Å². The minimum Gasteiger partial charge on any atom is -0.313 e. The fourth-order valence-corrected chi connectivity index (χ4v) is 3.38. The lowest BCUT2D eigenvalue weighted by molar-refractivity contribution is 0.0643. The third-order valence-corrected chi connectivity index (χ3v) is 4.26. The molecule has 2 aliphatic heterocycles. The van der Waals surface area contributed by atoms with Crippen LogP contribution in [-0.4, -0.2) is 30.6 Å². The highest BCUT2D eigenvalue weighted by Gasteiger charge is 2.32. The van der Waals surface area contributed by atoms with E-state index in [4.69, 9.17) is 11.6 Å². The average molecular weight is 251 g/mol. The molecule has 2 saturated heterocycles. The zero-order valence-electron chi connectivity index (χ0n) is 10.0. The van der Waals surface area contributed by atoms with Crippen LogP contribution in [0.4, 0.5) is 0 Å². The molecule has 2 atom stereocenters. The van der Waals surface area contributed by atoms with Crippen molar-refractivity contribution in [1.82, 2.24) is 10.2 Å². The van der Waals surface area contributed by atoms with Gasteiger partial charge in [0.2, 0.25) is 0 Å². The molecule has 2 nitrogen and oxygen atoms in total. The lowest BCUT2D eigenvalue weighted by Crippen LogP contribution is -2.54. The smallest absolute Gasteiger partial charge is 0.0476 e. The second-order valence-corrected chi connectivity index (χ2v) is 5.55. The Morgan fingerprint density at radius 3 is 3.06 bits per heavy atom. The summed E-state index contributed by atoms with van der Waals surface area (Å²) in [6.45, 7) is 3.44. The van der Waals surface area contributed by atoms with Crippen molar-refractivity contribution in [3.05, 3.63) is 34.9 Å². The standard InChI is InChI=1S/C14H19ClN2/c15-12-5-3-4-11(8-12)14-10-16-9-13-6-1-2-7-17(13)14/h3-5,8,13-14,16H,1-2,6-7,9-10H2. The molecule has 17 heavy (non-hydrogen) atoms. The second-order valence-electron chi connectivity index (χ2n) is 5.12. The first-order valence-corrected chi connectivity index (χ1v) is 6.94. The number of fused-ring (bicyclic) bond motifs is 1. The molecule has 2 aliphatic rings. The number of piperidine rings is 1. The molecule has 3 heteroatoms. The number of nitrogens with zero attached hydrogens (tertiary/aromatic N) is 1. The first-order valence-electron chi connectivity index (χ1n) is 6.56. The van der Waals surface area contributed by atoms with E-state index >= 15 is 0 Å². The van der Waals surface area contributed by atoms with Gasteiger partial charge in [-0.05, 0) is 37.1 Å². The molecule has 0 radical (unpaired) electrons. The highest BCUT2D eigenvalue weighted by atomic mass is 35.5. The maximum absolute atomic E-state index is 6.10. The summed E-state index contributed by atoms with van der Waals surface area (Å²) in [7, 11) is 0. The first kappa shape index (κ1) is 11.5. The maximum Gasteiger partial charge on any atom is 0.0476 e. The van der Waals surface area contributed by atoms with Gasteiger partial charge in [0.05, 0.1) is 0 Å². The van der Waals surface area contributed by atoms with E-state index in [9.17, 15) is 0 Å². The lowest BCUT2D eigenvalue weighted by Gasteiger charge is -2.45. The zero-order chi connectivity index (χ0) is 11.7. The van der Waals surface area contributed by atoms with Crippen LogP contribution in [0.3, 0.4) is 0 Å². The number of rotatable bonds is 1. The molecule has 2 heterocycles. The first-order chi connectivity index (χ1) is 8.34. The molecule has 0 saturated carbocycles. The van der Waals surface area contributed by atoms with Crippen molar-refractivity contribution in [3.63, 3.8) is 0 Å². The molecule has 92 valence electrons. The Morgan fingerprint density at radius 1 is 1.24 bits per heavy atom. The van der Waals surface area contributed by atoms with Gasteiger partial charge in [-0.25, -0.2) is 0 Å². The van der Waals surface area contributed by atoms with Gasteiger partial charge in [0.25, 0.3) is 0 Å². The molecule has 0 aliphatic carbocycles. The second kappa shape index (κ2) is 4.97. The lowest BCUT2D eigenvalue weighted by atomic mass is 9.93. The average Bonchev–Trinajstić information content (AvgIpc) is 2.38. The molecule has 0 spiro atoms. The van der Waals surface area contributed by atoms with Gasteiger partial charge in [0, 0.05) is 30.2 Å². The Bertz CT molecular complexity index is 392. The number of nitrogens with one attached hydrogen (secondary N) is 1. The van der Waals surface area contributed by atoms with Crippen molar-refractivity contribution in [2.75, 3.05) is 19.6 Å². The number of halogens is 1. The molecule has 0 aromatic heterocycles. The molecule has 0 bridgehead atoms. The molecule has 2 unspecified atom stereocenters. The van der Waals surface area contributed by atoms with Crippen molar-refractivity contribution >= 4 is 11.6 Å². The van der Waals surface area contributed by atoms with Crippen molar-refractivity contribution in [2.24, 2.45) is 0 Å². The number of piperazine rings is 1. The van der Waals surface area contributed by atoms with E-state index in [0.29, 0.717) is 6.04 Å². The molecule has 1 aromatic carbocycles. The Kier molecular flexibility index (Phi) is 3.37. The quantitative estimate of drug-likeness (QED) is 0.825. The predicted molar refractivity (Wildman–Crippen MR) is 71.4 cm³/mol. The molecule has 3 rings (SSSR count). The highest BCUT2D eigenvalue weighted by molar-refractivity contribution is 6.30. The zero-order valence-corrected chi connectivity index (χ0v) is 10.8. The van der Waals surface area contributed by atoms with Crippen LogP contribution in [0.25, 0.3) is 0 Å². The van der Waals surface area contributed by atoms with Crippen LogP contribution in [-0.2, 0) is 0 Å². The van der Waals surface area contributed by atoms with Gasteiger partial charge in [0.15, 0.2) is 0 Å². The SMILES string of the molecule is Clc1cccc(C2CNCC3CCCCN32)c1. The molecular formula is C14H19ClN2. The van der Waals surface area contributed by atoms with Crippen LogP contribution in [0.15, 0.2) is 24.3 Å². The van der Waals surface area contributed by atoms with E-state index in [2.05, 4.69) is 28.4 Å². The van der Waals surface area contributed by atoms with E-state index in [-0.39, 0.29) is 0 Å². The van der Waals surface area contributed by atoms with Crippen molar-refractivity contribution in [2.45, 2.75) is 31.3 Å². The topological polar surface area (TPSA) is 15.3 Å². The third kappa shape index (κ3) is 2.35. The fourth-order valence-electron chi connectivity index (χ4n) is 3.18. The van der Waals surface area contributed by atoms with Gasteiger partial charge in [-0.1, -0.05) is 30.2 Å². The summed E-state index contributed by atoms with van der Waals surface area (Å²) in [6.07, 6.45) is 4.06. The largest absolute Gasteiger partial charge is 0.313 e. The summed E-state index contributed by atoms with van der Waals surface area (Å²) in [4.78, 5) is 2.67. The molecule has 1 aromatic rings. The number of hydrogen-bond acceptors (Lipinski definition) is 2. The fraction of sp³-hybridized carbons (Fsp3) is 0.571. The number of hydrogen-bond donors (Lipinski definition) is 1. The molecule has 2 fully saturated rings. The molecular weight excluding hydrogens is 232 g/mol. The third-order valence-electron chi connectivity index (χ3n) is 4.02. The summed E-state index contributed by atoms with van der Waals surface area (Å²) in [5.74, 6) is 0. The maximum atomic E-state index is 6.10. The van der Waals surface area contributed by atoms with E-state index in [1.807, 2.05) is 6.07 Å². The van der Waals surface area contributed by atoms with E-state index in [1.165, 1.54) is 31.4 Å². The van der Waals surface area contributed by atoms with Gasteiger partial charge in [-0.15, -0.1) is 0 Å². The van der Waals surface area contributed by atoms with Gasteiger partial charge in [-0.3, -0.25) is 4.90 Å². The summed E-state index contributed by atoms with van der Waals surface area (Å²) in [5, 5.41) is 4.42. The normalized spacial score (nSPS) is 29.9. The molecule has 1 N–H and O–H groups in total. The molecule has 0 amide bonds. The Labute approximate surface area is 108 Å². The van der Waals surface area contributed by atoms with Crippen LogP contribution in [0.5, 0.6) is 0 Å². The Hall–Kier alpha value is -0.570. The van der Waals surface area contributed by atoms with Crippen molar-refractivity contribution in [1.29, 1.82) is 0 Å². The highest BCUT2D eigenvalue weighted by Crippen LogP contribution is 2.31. The van der Waals surface area contributed by atoms with Crippen LogP contribution in [0, 0.1) is 0 Å². The minimum absolute atomic E-state index is 0.507. The predicted octanol–water partition coefficient (Wildman–Crippen LogP) is 2.84. The minimum atomic E-state index is 0.507. The van der Waals surface area contributed by atoms with E-state index < -0.39 is 0 Å². The Morgan fingerprint density at radius 2 is 2.18 bits per heavy atom. The van der Waals surface area contributed by atoms with Gasteiger partial charge < -0.3 is 5.32 Å².